The number of carbonyl (C=O) groups excluding carboxylic acids is 1. The lowest BCUT2D eigenvalue weighted by Gasteiger charge is -2.32. The van der Waals surface area contributed by atoms with E-state index in [1.807, 2.05) is 60.7 Å². The highest BCUT2D eigenvalue weighted by atomic mass is 16.5. The van der Waals surface area contributed by atoms with Crippen LogP contribution >= 0.6 is 0 Å². The Hall–Kier alpha value is -4.46. The van der Waals surface area contributed by atoms with Crippen molar-refractivity contribution in [1.29, 1.82) is 0 Å². The Bertz CT molecular complexity index is 1450. The lowest BCUT2D eigenvalue weighted by atomic mass is 9.85. The molecule has 8 heteroatoms. The third-order valence-corrected chi connectivity index (χ3v) is 6.53. The van der Waals surface area contributed by atoms with Crippen LogP contribution < -0.4 is 14.8 Å². The Balaban J connectivity index is 1.40. The molecule has 8 nitrogen and oxygen atoms in total. The van der Waals surface area contributed by atoms with Crippen molar-refractivity contribution >= 4 is 11.7 Å². The molecule has 36 heavy (non-hydrogen) atoms. The minimum Gasteiger partial charge on any atom is -0.493 e. The number of methoxy groups -OCH3 is 1. The van der Waals surface area contributed by atoms with Crippen LogP contribution in [0.3, 0.4) is 0 Å². The number of ketones is 1. The van der Waals surface area contributed by atoms with Crippen LogP contribution in [0.5, 0.6) is 11.5 Å². The van der Waals surface area contributed by atoms with Crippen molar-refractivity contribution < 1.29 is 14.3 Å². The first kappa shape index (κ1) is 22.0. The van der Waals surface area contributed by atoms with Gasteiger partial charge in [-0.25, -0.2) is 4.68 Å². The second-order valence-electron chi connectivity index (χ2n) is 8.83. The number of carbonyl (C=O) groups is 1. The number of hydrogen-bond donors (Lipinski definition) is 1. The van der Waals surface area contributed by atoms with E-state index in [2.05, 4.69) is 10.3 Å². The average molecular weight is 480 g/mol. The van der Waals surface area contributed by atoms with Crippen LogP contribution in [0.1, 0.15) is 36.4 Å². The zero-order valence-electron chi connectivity index (χ0n) is 19.8. The number of fused-ring (bicyclic) bond motifs is 1. The predicted molar refractivity (Wildman–Crippen MR) is 135 cm³/mol. The van der Waals surface area contributed by atoms with Crippen LogP contribution in [0.4, 0.5) is 5.95 Å². The summed E-state index contributed by atoms with van der Waals surface area (Å²) < 4.78 is 13.5. The summed E-state index contributed by atoms with van der Waals surface area (Å²) in [7, 11) is 1.62. The van der Waals surface area contributed by atoms with Crippen molar-refractivity contribution in [2.45, 2.75) is 31.9 Å². The molecular weight excluding hydrogens is 454 g/mol. The van der Waals surface area contributed by atoms with Crippen LogP contribution in [0.2, 0.25) is 0 Å². The quantitative estimate of drug-likeness (QED) is 0.418. The van der Waals surface area contributed by atoms with E-state index in [4.69, 9.17) is 19.6 Å². The highest BCUT2D eigenvalue weighted by molar-refractivity contribution is 5.99. The van der Waals surface area contributed by atoms with E-state index in [0.717, 1.165) is 40.8 Å². The number of ether oxygens (including phenoxy) is 2. The highest BCUT2D eigenvalue weighted by Gasteiger charge is 2.37. The van der Waals surface area contributed by atoms with Gasteiger partial charge in [0.2, 0.25) is 5.95 Å². The topological polar surface area (TPSA) is 91.2 Å². The van der Waals surface area contributed by atoms with Crippen molar-refractivity contribution in [3.63, 3.8) is 0 Å². The molecule has 0 bridgehead atoms. The molecule has 6 rings (SSSR count). The number of nitrogens with zero attached hydrogens (tertiary/aromatic N) is 4. The number of pyridine rings is 1. The number of hydrogen-bond acceptors (Lipinski definition) is 7. The minimum absolute atomic E-state index is 0.126. The maximum Gasteiger partial charge on any atom is 0.226 e. The number of benzene rings is 2. The van der Waals surface area contributed by atoms with Crippen LogP contribution in [-0.4, -0.2) is 32.6 Å². The molecule has 0 spiro atoms. The number of anilines is 1. The van der Waals surface area contributed by atoms with Crippen molar-refractivity contribution in [3.8, 4) is 22.9 Å². The van der Waals surface area contributed by atoms with E-state index in [1.54, 1.807) is 24.2 Å². The molecule has 2 aromatic carbocycles. The van der Waals surface area contributed by atoms with Crippen LogP contribution in [0, 0.1) is 0 Å². The van der Waals surface area contributed by atoms with E-state index >= 15 is 0 Å². The fourth-order valence-corrected chi connectivity index (χ4v) is 4.79. The van der Waals surface area contributed by atoms with Gasteiger partial charge in [-0.3, -0.25) is 9.78 Å². The third-order valence-electron chi connectivity index (χ3n) is 6.53. The Labute approximate surface area is 208 Å². The molecule has 0 fully saturated rings. The first-order valence-electron chi connectivity index (χ1n) is 12.0. The molecular formula is C28H25N5O3. The third kappa shape index (κ3) is 4.00. The molecule has 180 valence electrons. The highest BCUT2D eigenvalue weighted by Crippen LogP contribution is 2.42. The standard InChI is InChI=1S/C28H25N5O3/c1-35-24-15-19(12-13-23(24)36-17-18-7-3-2-4-8-18)26-25-21(10-5-11-22(25)34)30-28-31-27(32-33(26)28)20-9-6-14-29-16-20/h2-4,6-9,12-16,26H,5,10-11,17H2,1H3,(H,30,31,32). The smallest absolute Gasteiger partial charge is 0.226 e. The zero-order valence-corrected chi connectivity index (χ0v) is 19.8. The maximum atomic E-state index is 13.2. The molecule has 0 saturated heterocycles. The molecule has 1 N–H and O–H groups in total. The second-order valence-corrected chi connectivity index (χ2v) is 8.83. The average Bonchev–Trinajstić information content (AvgIpc) is 3.36. The number of nitrogens with one attached hydrogen (secondary N) is 1. The Morgan fingerprint density at radius 3 is 2.75 bits per heavy atom. The summed E-state index contributed by atoms with van der Waals surface area (Å²) in [6, 6.07) is 19.1. The molecule has 3 heterocycles. The van der Waals surface area contributed by atoms with Gasteiger partial charge in [0, 0.05) is 35.6 Å². The van der Waals surface area contributed by atoms with Gasteiger partial charge in [-0.05, 0) is 48.2 Å². The van der Waals surface area contributed by atoms with Crippen molar-refractivity contribution in [2.75, 3.05) is 12.4 Å². The first-order chi connectivity index (χ1) is 17.7. The largest absolute Gasteiger partial charge is 0.493 e. The van der Waals surface area contributed by atoms with E-state index in [-0.39, 0.29) is 5.78 Å². The van der Waals surface area contributed by atoms with Crippen LogP contribution in [0.15, 0.2) is 84.3 Å². The van der Waals surface area contributed by atoms with Crippen LogP contribution in [0.25, 0.3) is 11.4 Å². The van der Waals surface area contributed by atoms with Gasteiger partial charge in [-0.1, -0.05) is 36.4 Å². The molecule has 2 aromatic heterocycles. The summed E-state index contributed by atoms with van der Waals surface area (Å²) in [5, 5.41) is 8.17. The van der Waals surface area contributed by atoms with Crippen LogP contribution in [-0.2, 0) is 11.4 Å². The first-order valence-corrected chi connectivity index (χ1v) is 12.0. The Kier molecular flexibility index (Phi) is 5.69. The Morgan fingerprint density at radius 1 is 1.06 bits per heavy atom. The van der Waals surface area contributed by atoms with Crippen molar-refractivity contribution in [3.05, 3.63) is 95.5 Å². The molecule has 1 aliphatic carbocycles. The fourth-order valence-electron chi connectivity index (χ4n) is 4.79. The lowest BCUT2D eigenvalue weighted by Crippen LogP contribution is -2.31. The van der Waals surface area contributed by atoms with E-state index in [0.29, 0.717) is 36.3 Å². The number of allylic oxidation sites excluding steroid dienone is 2. The molecule has 4 aromatic rings. The van der Waals surface area contributed by atoms with Gasteiger partial charge in [0.15, 0.2) is 23.1 Å². The van der Waals surface area contributed by atoms with Gasteiger partial charge in [-0.2, -0.15) is 4.98 Å². The predicted octanol–water partition coefficient (Wildman–Crippen LogP) is 4.95. The maximum absolute atomic E-state index is 13.2. The molecule has 1 unspecified atom stereocenters. The molecule has 0 amide bonds. The molecule has 1 atom stereocenters. The molecule has 2 aliphatic rings. The van der Waals surface area contributed by atoms with E-state index in [9.17, 15) is 4.79 Å². The molecule has 0 saturated carbocycles. The minimum atomic E-state index is -0.418. The van der Waals surface area contributed by atoms with Gasteiger partial charge in [0.25, 0.3) is 0 Å². The van der Waals surface area contributed by atoms with Gasteiger partial charge in [0.1, 0.15) is 12.6 Å². The lowest BCUT2D eigenvalue weighted by molar-refractivity contribution is -0.116. The summed E-state index contributed by atoms with van der Waals surface area (Å²) in [4.78, 5) is 22.1. The van der Waals surface area contributed by atoms with Gasteiger partial charge in [-0.15, -0.1) is 5.10 Å². The van der Waals surface area contributed by atoms with E-state index < -0.39 is 6.04 Å². The van der Waals surface area contributed by atoms with Gasteiger partial charge < -0.3 is 14.8 Å². The van der Waals surface area contributed by atoms with E-state index in [1.165, 1.54) is 0 Å². The van der Waals surface area contributed by atoms with Gasteiger partial charge in [0.05, 0.1) is 7.11 Å². The van der Waals surface area contributed by atoms with Crippen molar-refractivity contribution in [2.24, 2.45) is 0 Å². The normalized spacial score (nSPS) is 16.7. The summed E-state index contributed by atoms with van der Waals surface area (Å²) in [5.74, 6) is 2.52. The number of rotatable bonds is 6. The number of aromatic nitrogens is 4. The SMILES string of the molecule is COc1cc(C2C3=C(CCCC3=O)Nc3nc(-c4cccnc4)nn32)ccc1OCc1ccccc1. The summed E-state index contributed by atoms with van der Waals surface area (Å²) >= 11 is 0. The fraction of sp³-hybridized carbons (Fsp3) is 0.214. The Morgan fingerprint density at radius 2 is 1.94 bits per heavy atom. The monoisotopic (exact) mass is 479 g/mol. The van der Waals surface area contributed by atoms with Crippen molar-refractivity contribution in [1.82, 2.24) is 19.7 Å². The second kappa shape index (κ2) is 9.30. The summed E-state index contributed by atoms with van der Waals surface area (Å²) in [5.41, 5.74) is 4.41. The van der Waals surface area contributed by atoms with Gasteiger partial charge >= 0.3 is 0 Å². The summed E-state index contributed by atoms with van der Waals surface area (Å²) in [6.45, 7) is 0.430. The summed E-state index contributed by atoms with van der Waals surface area (Å²) in [6.07, 6.45) is 5.58. The number of Topliss-reactive ketones (excluding diaryl/α,β-unsaturated/α-hetero) is 1. The zero-order chi connectivity index (χ0) is 24.5. The molecule has 0 radical (unpaired) electrons. The molecule has 1 aliphatic heterocycles.